The van der Waals surface area contributed by atoms with Gasteiger partial charge >= 0.3 is 0 Å². The number of anilines is 1. The van der Waals surface area contributed by atoms with Gasteiger partial charge in [0.05, 0.1) is 18.2 Å². The molecule has 0 saturated carbocycles. The van der Waals surface area contributed by atoms with Crippen LogP contribution in [0.3, 0.4) is 0 Å². The number of nitrogens with zero attached hydrogens (tertiary/aromatic N) is 5. The van der Waals surface area contributed by atoms with E-state index < -0.39 is 0 Å². The molecule has 4 rings (SSSR count). The molecule has 32 heavy (non-hydrogen) atoms. The Kier molecular flexibility index (Phi) is 6.66. The first-order valence-corrected chi connectivity index (χ1v) is 10.9. The highest BCUT2D eigenvalue weighted by Gasteiger charge is 2.26. The van der Waals surface area contributed by atoms with E-state index in [9.17, 15) is 9.18 Å². The van der Waals surface area contributed by atoms with Crippen LogP contribution >= 0.6 is 0 Å². The van der Waals surface area contributed by atoms with Crippen LogP contribution in [0.2, 0.25) is 0 Å². The highest BCUT2D eigenvalue weighted by Crippen LogP contribution is 2.27. The lowest BCUT2D eigenvalue weighted by atomic mass is 10.1. The number of benzene rings is 1. The Morgan fingerprint density at radius 3 is 2.59 bits per heavy atom. The Hall–Kier alpha value is -3.04. The van der Waals surface area contributed by atoms with Crippen molar-refractivity contribution in [3.63, 3.8) is 0 Å². The molecule has 1 fully saturated rings. The normalized spacial score (nSPS) is 15.8. The van der Waals surface area contributed by atoms with Gasteiger partial charge in [-0.05, 0) is 36.7 Å². The lowest BCUT2D eigenvalue weighted by molar-refractivity contribution is 0.0643. The summed E-state index contributed by atoms with van der Waals surface area (Å²) in [5.74, 6) is 0.320. The molecular formula is C23H29FN6O2. The summed E-state index contributed by atoms with van der Waals surface area (Å²) in [4.78, 5) is 21.9. The summed E-state index contributed by atoms with van der Waals surface area (Å²) in [7, 11) is 1.62. The first-order chi connectivity index (χ1) is 15.5. The smallest absolute Gasteiger partial charge is 0.255 e. The molecule has 2 aromatic heterocycles. The highest BCUT2D eigenvalue weighted by molar-refractivity contribution is 5.99. The Bertz CT molecular complexity index is 1080. The van der Waals surface area contributed by atoms with Crippen molar-refractivity contribution in [1.82, 2.24) is 24.4 Å². The Labute approximate surface area is 187 Å². The molecule has 8 nitrogen and oxygen atoms in total. The highest BCUT2D eigenvalue weighted by atomic mass is 19.1. The second-order valence-corrected chi connectivity index (χ2v) is 8.00. The Balaban J connectivity index is 1.63. The van der Waals surface area contributed by atoms with Crippen molar-refractivity contribution in [1.29, 1.82) is 0 Å². The number of hydrogen-bond donors (Lipinski definition) is 1. The summed E-state index contributed by atoms with van der Waals surface area (Å²) in [6, 6.07) is 6.05. The first kappa shape index (κ1) is 22.2. The van der Waals surface area contributed by atoms with Crippen LogP contribution in [-0.2, 0) is 4.74 Å². The molecule has 1 aliphatic heterocycles. The van der Waals surface area contributed by atoms with Crippen molar-refractivity contribution < 1.29 is 13.9 Å². The summed E-state index contributed by atoms with van der Waals surface area (Å²) < 4.78 is 20.4. The number of rotatable bonds is 7. The van der Waals surface area contributed by atoms with E-state index in [1.807, 2.05) is 11.8 Å². The molecule has 0 bridgehead atoms. The van der Waals surface area contributed by atoms with Crippen LogP contribution in [0.5, 0.6) is 0 Å². The maximum absolute atomic E-state index is 13.4. The number of ether oxygens (including phenoxy) is 1. The number of halogens is 1. The summed E-state index contributed by atoms with van der Waals surface area (Å²) >= 11 is 0. The summed E-state index contributed by atoms with van der Waals surface area (Å²) in [5.41, 5.74) is 3.07. The number of piperazine rings is 1. The molecule has 1 amide bonds. The van der Waals surface area contributed by atoms with E-state index in [0.717, 1.165) is 49.4 Å². The Morgan fingerprint density at radius 2 is 1.94 bits per heavy atom. The minimum Gasteiger partial charge on any atom is -0.382 e. The van der Waals surface area contributed by atoms with Gasteiger partial charge in [-0.3, -0.25) is 4.79 Å². The van der Waals surface area contributed by atoms with Crippen LogP contribution in [0.1, 0.15) is 34.5 Å². The predicted molar refractivity (Wildman–Crippen MR) is 120 cm³/mol. The van der Waals surface area contributed by atoms with Crippen molar-refractivity contribution in [2.75, 3.05) is 51.8 Å². The molecule has 9 heteroatoms. The second kappa shape index (κ2) is 9.62. The number of carbonyl (C=O) groups is 1. The molecule has 170 valence electrons. The van der Waals surface area contributed by atoms with E-state index in [0.29, 0.717) is 18.0 Å². The van der Waals surface area contributed by atoms with Crippen LogP contribution in [0.4, 0.5) is 10.2 Å². The number of aromatic nitrogens is 3. The van der Waals surface area contributed by atoms with Crippen LogP contribution in [0, 0.1) is 12.7 Å². The van der Waals surface area contributed by atoms with Gasteiger partial charge in [-0.15, -0.1) is 0 Å². The van der Waals surface area contributed by atoms with Gasteiger partial charge in [0, 0.05) is 39.5 Å². The van der Waals surface area contributed by atoms with Crippen molar-refractivity contribution >= 4 is 17.2 Å². The third-order valence-electron chi connectivity index (χ3n) is 6.08. The number of nitrogens with one attached hydrogen (secondary N) is 1. The van der Waals surface area contributed by atoms with Crippen molar-refractivity contribution in [2.45, 2.75) is 19.9 Å². The lowest BCUT2D eigenvalue weighted by Crippen LogP contribution is -2.48. The van der Waals surface area contributed by atoms with E-state index in [1.54, 1.807) is 30.0 Å². The third-order valence-corrected chi connectivity index (χ3v) is 6.08. The zero-order chi connectivity index (χ0) is 22.7. The van der Waals surface area contributed by atoms with E-state index in [4.69, 9.17) is 4.74 Å². The Morgan fingerprint density at radius 1 is 1.22 bits per heavy atom. The predicted octanol–water partition coefficient (Wildman–Crippen LogP) is 2.75. The van der Waals surface area contributed by atoms with E-state index in [-0.39, 0.29) is 17.8 Å². The molecule has 1 N–H and O–H groups in total. The minimum absolute atomic E-state index is 0.0154. The zero-order valence-electron chi connectivity index (χ0n) is 18.7. The molecule has 1 aromatic carbocycles. The molecule has 3 aromatic rings. The number of likely N-dealkylation sites (N-methyl/N-ethyl adjacent to an activating group) is 1. The van der Waals surface area contributed by atoms with Crippen molar-refractivity contribution in [3.8, 4) is 0 Å². The molecule has 1 aliphatic rings. The standard InChI is InChI=1S/C23H29FN6O2/c1-4-28-9-11-29(12-10-28)23(31)19-13-30-21(16(19)2)22(25-15-26-30)27-20(14-32-3)17-5-7-18(24)8-6-17/h5-8,13,15,20H,4,9-12,14H2,1-3H3,(H,25,26,27). The van der Waals surface area contributed by atoms with Gasteiger partial charge < -0.3 is 19.9 Å². The summed E-state index contributed by atoms with van der Waals surface area (Å²) in [6.45, 7) is 8.63. The van der Waals surface area contributed by atoms with Crippen LogP contribution in [0.25, 0.3) is 5.52 Å². The molecule has 0 aliphatic carbocycles. The first-order valence-electron chi connectivity index (χ1n) is 10.9. The van der Waals surface area contributed by atoms with Gasteiger partial charge in [-0.2, -0.15) is 5.10 Å². The lowest BCUT2D eigenvalue weighted by Gasteiger charge is -2.34. The summed E-state index contributed by atoms with van der Waals surface area (Å²) in [6.07, 6.45) is 3.23. The molecule has 1 saturated heterocycles. The minimum atomic E-state index is -0.292. The SMILES string of the molecule is CCN1CCN(C(=O)c2cn3ncnc(NC(COC)c4ccc(F)cc4)c3c2C)CC1. The number of fused-ring (bicyclic) bond motifs is 1. The fourth-order valence-electron chi connectivity index (χ4n) is 4.17. The van der Waals surface area contributed by atoms with Crippen molar-refractivity contribution in [2.24, 2.45) is 0 Å². The van der Waals surface area contributed by atoms with Gasteiger partial charge in [0.2, 0.25) is 0 Å². The summed E-state index contributed by atoms with van der Waals surface area (Å²) in [5, 5.41) is 7.71. The van der Waals surface area contributed by atoms with Crippen LogP contribution in [0.15, 0.2) is 36.8 Å². The number of methoxy groups -OCH3 is 1. The molecule has 1 atom stereocenters. The molecular weight excluding hydrogens is 411 g/mol. The average molecular weight is 441 g/mol. The maximum Gasteiger partial charge on any atom is 0.255 e. The second-order valence-electron chi connectivity index (χ2n) is 8.00. The number of amides is 1. The fraction of sp³-hybridized carbons (Fsp3) is 0.435. The number of carbonyl (C=O) groups excluding carboxylic acids is 1. The molecule has 0 spiro atoms. The third kappa shape index (κ3) is 4.44. The van der Waals surface area contributed by atoms with Crippen LogP contribution < -0.4 is 5.32 Å². The van der Waals surface area contributed by atoms with E-state index >= 15 is 0 Å². The maximum atomic E-state index is 13.4. The van der Waals surface area contributed by atoms with Crippen LogP contribution in [-0.4, -0.2) is 76.7 Å². The zero-order valence-corrected chi connectivity index (χ0v) is 18.7. The largest absolute Gasteiger partial charge is 0.382 e. The number of aryl methyl sites for hydroxylation is 1. The van der Waals surface area contributed by atoms with Gasteiger partial charge in [0.1, 0.15) is 17.7 Å². The van der Waals surface area contributed by atoms with E-state index in [1.165, 1.54) is 18.5 Å². The molecule has 3 heterocycles. The van der Waals surface area contributed by atoms with Gasteiger partial charge in [0.25, 0.3) is 5.91 Å². The molecule has 0 radical (unpaired) electrons. The van der Waals surface area contributed by atoms with Gasteiger partial charge in [0.15, 0.2) is 5.82 Å². The van der Waals surface area contributed by atoms with Gasteiger partial charge in [-0.1, -0.05) is 19.1 Å². The monoisotopic (exact) mass is 440 g/mol. The molecule has 1 unspecified atom stereocenters. The fourth-order valence-corrected chi connectivity index (χ4v) is 4.17. The van der Waals surface area contributed by atoms with Crippen molar-refractivity contribution in [3.05, 3.63) is 59.3 Å². The number of hydrogen-bond acceptors (Lipinski definition) is 6. The van der Waals surface area contributed by atoms with E-state index in [2.05, 4.69) is 27.2 Å². The quantitative estimate of drug-likeness (QED) is 0.609. The van der Waals surface area contributed by atoms with Gasteiger partial charge in [-0.25, -0.2) is 13.9 Å². The topological polar surface area (TPSA) is 75.0 Å². The average Bonchev–Trinajstić information content (AvgIpc) is 3.16.